The van der Waals surface area contributed by atoms with Crippen molar-refractivity contribution in [3.8, 4) is 0 Å². The second-order valence-corrected chi connectivity index (χ2v) is 4.84. The van der Waals surface area contributed by atoms with Gasteiger partial charge in [0.2, 0.25) is 0 Å². The van der Waals surface area contributed by atoms with Crippen molar-refractivity contribution in [2.45, 2.75) is 18.7 Å². The number of halogens is 1. The smallest absolute Gasteiger partial charge is 0.273 e. The molecule has 1 N–H and O–H groups in total. The third kappa shape index (κ3) is 3.23. The van der Waals surface area contributed by atoms with E-state index in [1.54, 1.807) is 11.7 Å². The molecule has 1 aromatic heterocycles. The first kappa shape index (κ1) is 13.8. The van der Waals surface area contributed by atoms with E-state index < -0.39 is 0 Å². The molecule has 4 nitrogen and oxygen atoms in total. The summed E-state index contributed by atoms with van der Waals surface area (Å²) < 4.78 is 1.61. The molecule has 1 aromatic carbocycles. The van der Waals surface area contributed by atoms with E-state index in [9.17, 15) is 4.79 Å². The lowest BCUT2D eigenvalue weighted by Gasteiger charge is -2.05. The highest BCUT2D eigenvalue weighted by molar-refractivity contribution is 9.08. The molecule has 0 aliphatic carbocycles. The summed E-state index contributed by atoms with van der Waals surface area (Å²) in [5.74, 6) is -0.138. The van der Waals surface area contributed by atoms with E-state index >= 15 is 0 Å². The van der Waals surface area contributed by atoms with E-state index in [1.165, 1.54) is 5.56 Å². The van der Waals surface area contributed by atoms with Crippen LogP contribution in [-0.2, 0) is 18.8 Å². The summed E-state index contributed by atoms with van der Waals surface area (Å²) in [4.78, 5) is 12.1. The van der Waals surface area contributed by atoms with Gasteiger partial charge in [-0.1, -0.05) is 35.0 Å². The van der Waals surface area contributed by atoms with E-state index in [0.29, 0.717) is 5.69 Å². The zero-order chi connectivity index (χ0) is 13.8. The third-order valence-electron chi connectivity index (χ3n) is 2.89. The first-order chi connectivity index (χ1) is 9.13. The van der Waals surface area contributed by atoms with Crippen LogP contribution in [-0.4, -0.2) is 15.7 Å². The first-order valence-electron chi connectivity index (χ1n) is 6.13. The number of hydrogen-bond donors (Lipinski definition) is 1. The van der Waals surface area contributed by atoms with Crippen LogP contribution < -0.4 is 5.32 Å². The highest BCUT2D eigenvalue weighted by Gasteiger charge is 2.12. The van der Waals surface area contributed by atoms with Crippen LogP contribution in [0.25, 0.3) is 0 Å². The molecule has 0 unspecified atom stereocenters. The highest BCUT2D eigenvalue weighted by atomic mass is 79.9. The van der Waals surface area contributed by atoms with Crippen LogP contribution in [0, 0.1) is 0 Å². The van der Waals surface area contributed by atoms with Gasteiger partial charge >= 0.3 is 0 Å². The number of aryl methyl sites for hydroxylation is 2. The summed E-state index contributed by atoms with van der Waals surface area (Å²) in [7, 11) is 1.78. The molecule has 5 heteroatoms. The number of anilines is 1. The number of nitrogens with zero attached hydrogens (tertiary/aromatic N) is 2. The fourth-order valence-electron chi connectivity index (χ4n) is 1.78. The predicted molar refractivity (Wildman–Crippen MR) is 79.6 cm³/mol. The van der Waals surface area contributed by atoms with Crippen molar-refractivity contribution < 1.29 is 4.79 Å². The molecule has 0 atom stereocenters. The molecule has 0 aliphatic rings. The Kier molecular flexibility index (Phi) is 4.37. The van der Waals surface area contributed by atoms with Crippen LogP contribution in [0.1, 0.15) is 28.7 Å². The lowest BCUT2D eigenvalue weighted by molar-refractivity contribution is 0.101. The molecular weight excluding hydrogens is 306 g/mol. The number of alkyl halides is 1. The maximum atomic E-state index is 12.1. The lowest BCUT2D eigenvalue weighted by Crippen LogP contribution is -2.15. The Bertz CT molecular complexity index is 575. The van der Waals surface area contributed by atoms with Gasteiger partial charge in [0.1, 0.15) is 5.69 Å². The molecule has 0 fully saturated rings. The van der Waals surface area contributed by atoms with Crippen LogP contribution in [0.15, 0.2) is 30.3 Å². The van der Waals surface area contributed by atoms with E-state index in [-0.39, 0.29) is 5.91 Å². The largest absolute Gasteiger partial charge is 0.321 e. The molecule has 100 valence electrons. The van der Waals surface area contributed by atoms with Crippen molar-refractivity contribution in [1.29, 1.82) is 0 Å². The van der Waals surface area contributed by atoms with Crippen LogP contribution in [0.4, 0.5) is 5.69 Å². The molecule has 0 radical (unpaired) electrons. The number of nitrogens with one attached hydrogen (secondary N) is 1. The van der Waals surface area contributed by atoms with E-state index in [4.69, 9.17) is 0 Å². The van der Waals surface area contributed by atoms with E-state index in [1.807, 2.05) is 37.3 Å². The van der Waals surface area contributed by atoms with Crippen LogP contribution in [0.5, 0.6) is 0 Å². The highest BCUT2D eigenvalue weighted by Crippen LogP contribution is 2.13. The summed E-state index contributed by atoms with van der Waals surface area (Å²) in [6.45, 7) is 2.02. The Morgan fingerprint density at radius 1 is 1.37 bits per heavy atom. The monoisotopic (exact) mass is 321 g/mol. The Morgan fingerprint density at radius 2 is 2.05 bits per heavy atom. The van der Waals surface area contributed by atoms with E-state index in [2.05, 4.69) is 26.3 Å². The Labute approximate surface area is 120 Å². The first-order valence-corrected chi connectivity index (χ1v) is 7.25. The standard InChI is InChI=1S/C14H16BrN3O/c1-3-11-8-13(18(2)17-11)14(19)16-12-6-4-10(9-15)5-7-12/h4-8H,3,9H2,1-2H3,(H,16,19). The average molecular weight is 322 g/mol. The molecule has 1 amide bonds. The topological polar surface area (TPSA) is 46.9 Å². The van der Waals surface area contributed by atoms with Gasteiger partial charge in [0.25, 0.3) is 5.91 Å². The van der Waals surface area contributed by atoms with Gasteiger partial charge in [0.05, 0.1) is 5.69 Å². The van der Waals surface area contributed by atoms with Gasteiger partial charge in [-0.15, -0.1) is 0 Å². The van der Waals surface area contributed by atoms with Gasteiger partial charge in [-0.25, -0.2) is 0 Å². The number of rotatable bonds is 4. The van der Waals surface area contributed by atoms with Gasteiger partial charge in [0, 0.05) is 18.1 Å². The zero-order valence-electron chi connectivity index (χ0n) is 11.0. The minimum atomic E-state index is -0.138. The number of amides is 1. The number of carbonyl (C=O) groups is 1. The minimum Gasteiger partial charge on any atom is -0.321 e. The molecule has 0 saturated heterocycles. The molecule has 0 bridgehead atoms. The van der Waals surface area contributed by atoms with Crippen molar-refractivity contribution in [3.05, 3.63) is 47.3 Å². The van der Waals surface area contributed by atoms with Crippen molar-refractivity contribution in [3.63, 3.8) is 0 Å². The van der Waals surface area contributed by atoms with Gasteiger partial charge < -0.3 is 5.32 Å². The molecule has 19 heavy (non-hydrogen) atoms. The van der Waals surface area contributed by atoms with Gasteiger partial charge in [0.15, 0.2) is 0 Å². The summed E-state index contributed by atoms with van der Waals surface area (Å²) in [6, 6.07) is 9.57. The fourth-order valence-corrected chi connectivity index (χ4v) is 2.16. The Hall–Kier alpha value is -1.62. The van der Waals surface area contributed by atoms with Gasteiger partial charge in [-0.05, 0) is 30.2 Å². The van der Waals surface area contributed by atoms with Gasteiger partial charge in [-0.3, -0.25) is 9.48 Å². The average Bonchev–Trinajstić information content (AvgIpc) is 2.81. The second kappa shape index (κ2) is 6.02. The molecule has 1 heterocycles. The van der Waals surface area contributed by atoms with Gasteiger partial charge in [-0.2, -0.15) is 5.10 Å². The summed E-state index contributed by atoms with van der Waals surface area (Å²) in [5, 5.41) is 7.95. The molecule has 0 aliphatic heterocycles. The zero-order valence-corrected chi connectivity index (χ0v) is 12.6. The summed E-state index contributed by atoms with van der Waals surface area (Å²) >= 11 is 3.39. The number of hydrogen-bond acceptors (Lipinski definition) is 2. The molecule has 2 aromatic rings. The predicted octanol–water partition coefficient (Wildman–Crippen LogP) is 3.13. The van der Waals surface area contributed by atoms with Crippen molar-refractivity contribution in [2.24, 2.45) is 7.05 Å². The number of carbonyl (C=O) groups excluding carboxylic acids is 1. The van der Waals surface area contributed by atoms with Crippen molar-refractivity contribution >= 4 is 27.5 Å². The van der Waals surface area contributed by atoms with Crippen LogP contribution in [0.3, 0.4) is 0 Å². The lowest BCUT2D eigenvalue weighted by atomic mass is 10.2. The maximum Gasteiger partial charge on any atom is 0.273 e. The number of benzene rings is 1. The Morgan fingerprint density at radius 3 is 2.58 bits per heavy atom. The molecule has 2 rings (SSSR count). The fraction of sp³-hybridized carbons (Fsp3) is 0.286. The minimum absolute atomic E-state index is 0.138. The summed E-state index contributed by atoms with van der Waals surface area (Å²) in [6.07, 6.45) is 0.821. The quantitative estimate of drug-likeness (QED) is 0.879. The van der Waals surface area contributed by atoms with E-state index in [0.717, 1.165) is 23.1 Å². The molecular formula is C14H16BrN3O. The Balaban J connectivity index is 2.13. The summed E-state index contributed by atoms with van der Waals surface area (Å²) in [5.41, 5.74) is 3.45. The second-order valence-electron chi connectivity index (χ2n) is 4.28. The normalized spacial score (nSPS) is 10.5. The van der Waals surface area contributed by atoms with Crippen molar-refractivity contribution in [1.82, 2.24) is 9.78 Å². The molecule has 0 spiro atoms. The van der Waals surface area contributed by atoms with Crippen LogP contribution >= 0.6 is 15.9 Å². The molecule has 0 saturated carbocycles. The maximum absolute atomic E-state index is 12.1. The van der Waals surface area contributed by atoms with Crippen molar-refractivity contribution in [2.75, 3.05) is 5.32 Å². The third-order valence-corrected chi connectivity index (χ3v) is 3.54. The number of aromatic nitrogens is 2. The van der Waals surface area contributed by atoms with Crippen LogP contribution in [0.2, 0.25) is 0 Å². The SMILES string of the molecule is CCc1cc(C(=O)Nc2ccc(CBr)cc2)n(C)n1.